The van der Waals surface area contributed by atoms with Gasteiger partial charge in [-0.2, -0.15) is 13.2 Å². The van der Waals surface area contributed by atoms with Crippen LogP contribution in [0.3, 0.4) is 0 Å². The Morgan fingerprint density at radius 1 is 1.13 bits per heavy atom. The van der Waals surface area contributed by atoms with Crippen LogP contribution in [0.15, 0.2) is 36.4 Å². The van der Waals surface area contributed by atoms with Crippen molar-refractivity contribution in [2.75, 3.05) is 27.3 Å². The van der Waals surface area contributed by atoms with Crippen LogP contribution >= 0.6 is 11.6 Å². The van der Waals surface area contributed by atoms with Gasteiger partial charge in [0.15, 0.2) is 0 Å². The molecular formula is C22H23ClF3NO4. The molecule has 1 aliphatic rings. The first kappa shape index (κ1) is 23.2. The van der Waals surface area contributed by atoms with E-state index in [1.807, 2.05) is 4.90 Å². The van der Waals surface area contributed by atoms with Crippen LogP contribution in [-0.4, -0.2) is 43.3 Å². The van der Waals surface area contributed by atoms with Gasteiger partial charge in [0.05, 0.1) is 36.8 Å². The molecule has 5 nitrogen and oxygen atoms in total. The van der Waals surface area contributed by atoms with E-state index in [0.717, 1.165) is 6.07 Å². The maximum atomic E-state index is 13.5. The second-order valence-electron chi connectivity index (χ2n) is 7.40. The number of hydrogen-bond donors (Lipinski definition) is 1. The molecule has 1 heterocycles. The number of carboxylic acids is 1. The highest BCUT2D eigenvalue weighted by Gasteiger charge is 2.36. The largest absolute Gasteiger partial charge is 0.497 e. The fraction of sp³-hybridized carbons (Fsp3) is 0.409. The minimum atomic E-state index is -4.60. The van der Waals surface area contributed by atoms with E-state index in [9.17, 15) is 23.1 Å². The van der Waals surface area contributed by atoms with Gasteiger partial charge in [0, 0.05) is 5.56 Å². The van der Waals surface area contributed by atoms with E-state index in [4.69, 9.17) is 21.1 Å². The monoisotopic (exact) mass is 457 g/mol. The number of methoxy groups -OCH3 is 2. The molecule has 1 atom stereocenters. The van der Waals surface area contributed by atoms with E-state index < -0.39 is 29.7 Å². The lowest BCUT2D eigenvalue weighted by molar-refractivity contribution is -0.143. The minimum absolute atomic E-state index is 0.378. The molecule has 0 amide bonds. The summed E-state index contributed by atoms with van der Waals surface area (Å²) in [6.07, 6.45) is -3.80. The van der Waals surface area contributed by atoms with Crippen molar-refractivity contribution >= 4 is 17.6 Å². The van der Waals surface area contributed by atoms with Crippen LogP contribution in [0.25, 0.3) is 0 Å². The van der Waals surface area contributed by atoms with E-state index >= 15 is 0 Å². The van der Waals surface area contributed by atoms with E-state index in [1.54, 1.807) is 24.3 Å². The zero-order valence-corrected chi connectivity index (χ0v) is 17.8. The Labute approximate surface area is 183 Å². The van der Waals surface area contributed by atoms with E-state index in [0.29, 0.717) is 48.6 Å². The van der Waals surface area contributed by atoms with Crippen molar-refractivity contribution in [3.05, 3.63) is 58.1 Å². The van der Waals surface area contributed by atoms with Crippen LogP contribution in [0.2, 0.25) is 5.02 Å². The molecule has 1 saturated heterocycles. The van der Waals surface area contributed by atoms with Gasteiger partial charge in [0.1, 0.15) is 11.5 Å². The zero-order chi connectivity index (χ0) is 22.8. The van der Waals surface area contributed by atoms with Gasteiger partial charge in [-0.05, 0) is 61.8 Å². The lowest BCUT2D eigenvalue weighted by Gasteiger charge is -2.38. The predicted molar refractivity (Wildman–Crippen MR) is 110 cm³/mol. The summed E-state index contributed by atoms with van der Waals surface area (Å²) in [6.45, 7) is 0.817. The van der Waals surface area contributed by atoms with E-state index in [1.165, 1.54) is 20.3 Å². The van der Waals surface area contributed by atoms with E-state index in [-0.39, 0.29) is 5.02 Å². The number of piperidine rings is 1. The molecule has 31 heavy (non-hydrogen) atoms. The third kappa shape index (κ3) is 5.07. The van der Waals surface area contributed by atoms with Crippen LogP contribution in [0, 0.1) is 5.92 Å². The summed E-state index contributed by atoms with van der Waals surface area (Å²) >= 11 is 5.83. The zero-order valence-electron chi connectivity index (χ0n) is 17.1. The molecule has 0 bridgehead atoms. The van der Waals surface area contributed by atoms with Crippen LogP contribution in [0.4, 0.5) is 13.2 Å². The van der Waals surface area contributed by atoms with Gasteiger partial charge in [0.25, 0.3) is 0 Å². The highest BCUT2D eigenvalue weighted by atomic mass is 35.5. The number of carbonyl (C=O) groups is 1. The highest BCUT2D eigenvalue weighted by molar-refractivity contribution is 6.31. The molecule has 0 spiro atoms. The van der Waals surface area contributed by atoms with Crippen molar-refractivity contribution < 1.29 is 32.5 Å². The standard InChI is InChI=1S/C22H23ClF3NO4/c1-30-15-4-6-19(31-2)16(12-15)20(27-9-7-13(8-10-27)21(28)29)14-3-5-18(23)17(11-14)22(24,25)26/h3-6,11-13,20H,7-10H2,1-2H3,(H,28,29). The Morgan fingerprint density at radius 2 is 1.81 bits per heavy atom. The minimum Gasteiger partial charge on any atom is -0.497 e. The summed E-state index contributed by atoms with van der Waals surface area (Å²) in [5, 5.41) is 8.93. The van der Waals surface area contributed by atoms with Crippen LogP contribution in [-0.2, 0) is 11.0 Å². The number of aliphatic carboxylic acids is 1. The molecule has 9 heteroatoms. The van der Waals surface area contributed by atoms with Crippen LogP contribution < -0.4 is 9.47 Å². The SMILES string of the molecule is COc1ccc(OC)c(C(c2ccc(Cl)c(C(F)(F)F)c2)N2CCC(C(=O)O)CC2)c1. The molecule has 1 N–H and O–H groups in total. The number of ether oxygens (including phenoxy) is 2. The molecule has 1 unspecified atom stereocenters. The Hall–Kier alpha value is -2.45. The predicted octanol–water partition coefficient (Wildman–Crippen LogP) is 5.26. The van der Waals surface area contributed by atoms with Gasteiger partial charge < -0.3 is 14.6 Å². The summed E-state index contributed by atoms with van der Waals surface area (Å²) in [6, 6.07) is 8.39. The number of nitrogens with zero attached hydrogens (tertiary/aromatic N) is 1. The molecule has 0 saturated carbocycles. The molecule has 2 aromatic carbocycles. The van der Waals surface area contributed by atoms with Gasteiger partial charge in [-0.25, -0.2) is 0 Å². The number of likely N-dealkylation sites (tertiary alicyclic amines) is 1. The average molecular weight is 458 g/mol. The third-order valence-corrected chi connectivity index (χ3v) is 5.92. The lowest BCUT2D eigenvalue weighted by atomic mass is 9.90. The van der Waals surface area contributed by atoms with Crippen molar-refractivity contribution in [3.63, 3.8) is 0 Å². The Kier molecular flexibility index (Phi) is 7.01. The number of rotatable bonds is 6. The molecule has 0 aromatic heterocycles. The number of alkyl halides is 3. The second-order valence-corrected chi connectivity index (χ2v) is 7.80. The molecule has 168 valence electrons. The maximum absolute atomic E-state index is 13.5. The summed E-state index contributed by atoms with van der Waals surface area (Å²) in [4.78, 5) is 13.3. The first-order chi connectivity index (χ1) is 14.7. The molecule has 1 fully saturated rings. The molecule has 0 aliphatic carbocycles. The van der Waals surface area contributed by atoms with Crippen molar-refractivity contribution in [2.24, 2.45) is 5.92 Å². The fourth-order valence-electron chi connectivity index (χ4n) is 3.97. The maximum Gasteiger partial charge on any atom is 0.417 e. The second kappa shape index (κ2) is 9.36. The summed E-state index contributed by atoms with van der Waals surface area (Å²) in [5.74, 6) is -0.304. The van der Waals surface area contributed by atoms with Crippen molar-refractivity contribution in [1.29, 1.82) is 0 Å². The first-order valence-electron chi connectivity index (χ1n) is 9.71. The van der Waals surface area contributed by atoms with Gasteiger partial charge in [-0.3, -0.25) is 9.69 Å². The van der Waals surface area contributed by atoms with Crippen molar-refractivity contribution in [1.82, 2.24) is 4.90 Å². The quantitative estimate of drug-likeness (QED) is 0.641. The summed E-state index contributed by atoms with van der Waals surface area (Å²) < 4.78 is 51.4. The summed E-state index contributed by atoms with van der Waals surface area (Å²) in [7, 11) is 2.99. The van der Waals surface area contributed by atoms with Gasteiger partial charge in [-0.15, -0.1) is 0 Å². The number of hydrogen-bond acceptors (Lipinski definition) is 4. The third-order valence-electron chi connectivity index (χ3n) is 5.59. The van der Waals surface area contributed by atoms with Gasteiger partial charge >= 0.3 is 12.1 Å². The number of halogens is 4. The Balaban J connectivity index is 2.12. The van der Waals surface area contributed by atoms with Crippen LogP contribution in [0.1, 0.15) is 35.6 Å². The summed E-state index contributed by atoms with van der Waals surface area (Å²) in [5.41, 5.74) is 0.0991. The Morgan fingerprint density at radius 3 is 2.35 bits per heavy atom. The van der Waals surface area contributed by atoms with E-state index in [2.05, 4.69) is 0 Å². The van der Waals surface area contributed by atoms with Crippen molar-refractivity contribution in [3.8, 4) is 11.5 Å². The smallest absolute Gasteiger partial charge is 0.417 e. The van der Waals surface area contributed by atoms with Gasteiger partial charge in [-0.1, -0.05) is 17.7 Å². The Bertz CT molecular complexity index is 943. The number of benzene rings is 2. The number of carboxylic acid groups (broad SMARTS) is 1. The topological polar surface area (TPSA) is 59.0 Å². The van der Waals surface area contributed by atoms with Gasteiger partial charge in [0.2, 0.25) is 0 Å². The lowest BCUT2D eigenvalue weighted by Crippen LogP contribution is -2.39. The molecule has 3 rings (SSSR count). The molecular weight excluding hydrogens is 435 g/mol. The van der Waals surface area contributed by atoms with Crippen molar-refractivity contribution in [2.45, 2.75) is 25.1 Å². The molecule has 2 aromatic rings. The van der Waals surface area contributed by atoms with Crippen LogP contribution in [0.5, 0.6) is 11.5 Å². The fourth-order valence-corrected chi connectivity index (χ4v) is 4.20. The normalized spacial score (nSPS) is 16.7. The highest BCUT2D eigenvalue weighted by Crippen LogP contribution is 2.42. The average Bonchev–Trinajstić information content (AvgIpc) is 2.74. The molecule has 1 aliphatic heterocycles. The molecule has 0 radical (unpaired) electrons. The first-order valence-corrected chi connectivity index (χ1v) is 10.1.